The van der Waals surface area contributed by atoms with Crippen LogP contribution in [0.4, 0.5) is 0 Å². The van der Waals surface area contributed by atoms with Crippen LogP contribution in [0.1, 0.15) is 42.1 Å². The summed E-state index contributed by atoms with van der Waals surface area (Å²) in [5.41, 5.74) is 0.638. The van der Waals surface area contributed by atoms with Crippen LogP contribution in [0.5, 0.6) is 0 Å². The normalized spacial score (nSPS) is 15.3. The molecule has 0 aliphatic heterocycles. The van der Waals surface area contributed by atoms with E-state index in [1.54, 1.807) is 16.4 Å². The average molecular weight is 311 g/mol. The van der Waals surface area contributed by atoms with Gasteiger partial charge in [-0.2, -0.15) is 0 Å². The van der Waals surface area contributed by atoms with Crippen LogP contribution in [0.15, 0.2) is 24.3 Å². The molecule has 0 saturated heterocycles. The van der Waals surface area contributed by atoms with E-state index >= 15 is 0 Å². The summed E-state index contributed by atoms with van der Waals surface area (Å²) in [6.07, 6.45) is 2.98. The maximum absolute atomic E-state index is 12.5. The minimum Gasteiger partial charge on any atom is -0.478 e. The molecule has 0 aromatic heterocycles. The van der Waals surface area contributed by atoms with Gasteiger partial charge in [-0.3, -0.25) is 0 Å². The lowest BCUT2D eigenvalue weighted by Crippen LogP contribution is -2.34. The number of hydrogen-bond donors (Lipinski definition) is 1. The fourth-order valence-corrected chi connectivity index (χ4v) is 3.96. The van der Waals surface area contributed by atoms with Gasteiger partial charge in [-0.15, -0.1) is 0 Å². The van der Waals surface area contributed by atoms with E-state index in [2.05, 4.69) is 0 Å². The van der Waals surface area contributed by atoms with Gasteiger partial charge in [0.1, 0.15) is 0 Å². The van der Waals surface area contributed by atoms with Crippen LogP contribution in [-0.2, 0) is 15.8 Å². The van der Waals surface area contributed by atoms with Crippen molar-refractivity contribution >= 4 is 16.0 Å². The molecule has 0 bridgehead atoms. The van der Waals surface area contributed by atoms with Crippen molar-refractivity contribution in [1.82, 2.24) is 4.31 Å². The molecule has 5 nitrogen and oxygen atoms in total. The Balaban J connectivity index is 2.14. The molecule has 21 heavy (non-hydrogen) atoms. The van der Waals surface area contributed by atoms with Crippen molar-refractivity contribution in [3.63, 3.8) is 0 Å². The largest absolute Gasteiger partial charge is 0.478 e. The molecule has 1 fully saturated rings. The summed E-state index contributed by atoms with van der Waals surface area (Å²) in [5.74, 6) is -0.685. The molecule has 0 spiro atoms. The van der Waals surface area contributed by atoms with E-state index < -0.39 is 16.0 Å². The van der Waals surface area contributed by atoms with Gasteiger partial charge in [0.15, 0.2) is 0 Å². The molecule has 1 aromatic carbocycles. The maximum Gasteiger partial charge on any atom is 0.335 e. The van der Waals surface area contributed by atoms with Gasteiger partial charge in [-0.1, -0.05) is 19.1 Å². The molecule has 6 heteroatoms. The first kappa shape index (κ1) is 16.0. The van der Waals surface area contributed by atoms with Crippen molar-refractivity contribution in [3.05, 3.63) is 35.4 Å². The Bertz CT molecular complexity index is 608. The van der Waals surface area contributed by atoms with Gasteiger partial charge < -0.3 is 5.11 Å². The number of hydrogen-bond acceptors (Lipinski definition) is 3. The third kappa shape index (κ3) is 4.54. The number of aromatic carboxylic acids is 1. The van der Waals surface area contributed by atoms with E-state index in [0.717, 1.165) is 19.3 Å². The lowest BCUT2D eigenvalue weighted by Gasteiger charge is -2.21. The van der Waals surface area contributed by atoms with Crippen LogP contribution in [0, 0.1) is 5.92 Å². The second-order valence-electron chi connectivity index (χ2n) is 5.56. The lowest BCUT2D eigenvalue weighted by molar-refractivity contribution is 0.0696. The predicted octanol–water partition coefficient (Wildman–Crippen LogP) is 2.34. The first-order valence-electron chi connectivity index (χ1n) is 7.22. The molecule has 0 radical (unpaired) electrons. The predicted molar refractivity (Wildman–Crippen MR) is 80.6 cm³/mol. The molecule has 2 rings (SSSR count). The highest BCUT2D eigenvalue weighted by atomic mass is 32.2. The summed E-state index contributed by atoms with van der Waals surface area (Å²) >= 11 is 0. The van der Waals surface area contributed by atoms with Crippen LogP contribution in [-0.4, -0.2) is 36.9 Å². The van der Waals surface area contributed by atoms with Crippen molar-refractivity contribution in [2.75, 3.05) is 13.1 Å². The molecule has 1 aliphatic carbocycles. The Labute approximate surface area is 125 Å². The van der Waals surface area contributed by atoms with E-state index in [9.17, 15) is 13.2 Å². The van der Waals surface area contributed by atoms with E-state index in [4.69, 9.17) is 5.11 Å². The van der Waals surface area contributed by atoms with Gasteiger partial charge in [0.2, 0.25) is 10.0 Å². The van der Waals surface area contributed by atoms with Gasteiger partial charge in [0.05, 0.1) is 11.3 Å². The summed E-state index contributed by atoms with van der Waals surface area (Å²) in [5, 5.41) is 8.97. The highest BCUT2D eigenvalue weighted by Crippen LogP contribution is 2.31. The summed E-state index contributed by atoms with van der Waals surface area (Å²) in [6.45, 7) is 3.08. The van der Waals surface area contributed by atoms with E-state index in [1.807, 2.05) is 6.92 Å². The third-order valence-corrected chi connectivity index (χ3v) is 5.36. The number of sulfonamides is 1. The maximum atomic E-state index is 12.5. The zero-order chi connectivity index (χ0) is 15.5. The highest BCUT2D eigenvalue weighted by molar-refractivity contribution is 7.88. The minimum atomic E-state index is -3.39. The van der Waals surface area contributed by atoms with Crippen LogP contribution < -0.4 is 0 Å². The van der Waals surface area contributed by atoms with Crippen LogP contribution in [0.3, 0.4) is 0 Å². The number of carboxylic acid groups (broad SMARTS) is 1. The Kier molecular flexibility index (Phi) is 5.00. The van der Waals surface area contributed by atoms with Crippen molar-refractivity contribution in [3.8, 4) is 0 Å². The Morgan fingerprint density at radius 1 is 1.38 bits per heavy atom. The standard InChI is InChI=1S/C15H21NO4S/c1-2-8-16(10-12-6-7-12)21(19,20)11-13-4-3-5-14(9-13)15(17)18/h3-5,9,12H,2,6-8,10-11H2,1H3,(H,17,18). The second-order valence-corrected chi connectivity index (χ2v) is 7.53. The molecule has 116 valence electrons. The molecule has 0 atom stereocenters. The SMILES string of the molecule is CCCN(CC1CC1)S(=O)(=O)Cc1cccc(C(=O)O)c1. The molecule has 0 amide bonds. The number of nitrogens with zero attached hydrogens (tertiary/aromatic N) is 1. The first-order valence-corrected chi connectivity index (χ1v) is 8.83. The highest BCUT2D eigenvalue weighted by Gasteiger charge is 2.30. The third-order valence-electron chi connectivity index (χ3n) is 3.55. The van der Waals surface area contributed by atoms with Crippen LogP contribution >= 0.6 is 0 Å². The van der Waals surface area contributed by atoms with E-state index in [1.165, 1.54) is 12.1 Å². The molecule has 1 aliphatic rings. The molecular formula is C15H21NO4S. The Morgan fingerprint density at radius 2 is 2.10 bits per heavy atom. The monoisotopic (exact) mass is 311 g/mol. The summed E-state index contributed by atoms with van der Waals surface area (Å²) in [7, 11) is -3.39. The fraction of sp³-hybridized carbons (Fsp3) is 0.533. The number of carboxylic acids is 1. The number of carbonyl (C=O) groups is 1. The van der Waals surface area contributed by atoms with Gasteiger partial charge in [-0.25, -0.2) is 17.5 Å². The number of benzene rings is 1. The zero-order valence-corrected chi connectivity index (χ0v) is 13.0. The van der Waals surface area contributed by atoms with Crippen molar-refractivity contribution in [1.29, 1.82) is 0 Å². The van der Waals surface area contributed by atoms with Gasteiger partial charge in [0, 0.05) is 13.1 Å². The average Bonchev–Trinajstić information content (AvgIpc) is 3.22. The molecule has 1 saturated carbocycles. The summed E-state index contributed by atoms with van der Waals surface area (Å²) in [6, 6.07) is 6.14. The van der Waals surface area contributed by atoms with Crippen LogP contribution in [0.2, 0.25) is 0 Å². The van der Waals surface area contributed by atoms with Gasteiger partial charge >= 0.3 is 5.97 Å². The summed E-state index contributed by atoms with van der Waals surface area (Å²) in [4.78, 5) is 10.9. The minimum absolute atomic E-state index is 0.118. The van der Waals surface area contributed by atoms with Crippen molar-refractivity contribution in [2.45, 2.75) is 31.9 Å². The molecule has 0 unspecified atom stereocenters. The molecular weight excluding hydrogens is 290 g/mol. The smallest absolute Gasteiger partial charge is 0.335 e. The van der Waals surface area contributed by atoms with E-state index in [-0.39, 0.29) is 11.3 Å². The van der Waals surface area contributed by atoms with Crippen LogP contribution in [0.25, 0.3) is 0 Å². The summed E-state index contributed by atoms with van der Waals surface area (Å²) < 4.78 is 26.6. The number of rotatable bonds is 8. The van der Waals surface area contributed by atoms with Crippen molar-refractivity contribution in [2.24, 2.45) is 5.92 Å². The quantitative estimate of drug-likeness (QED) is 0.799. The Morgan fingerprint density at radius 3 is 2.67 bits per heavy atom. The molecule has 0 heterocycles. The topological polar surface area (TPSA) is 74.7 Å². The molecule has 1 N–H and O–H groups in total. The fourth-order valence-electron chi connectivity index (χ4n) is 2.28. The van der Waals surface area contributed by atoms with E-state index in [0.29, 0.717) is 24.6 Å². The first-order chi connectivity index (χ1) is 9.92. The van der Waals surface area contributed by atoms with Gasteiger partial charge in [-0.05, 0) is 42.9 Å². The second kappa shape index (κ2) is 6.58. The zero-order valence-electron chi connectivity index (χ0n) is 12.2. The molecule has 1 aromatic rings. The lowest BCUT2D eigenvalue weighted by atomic mass is 10.1. The van der Waals surface area contributed by atoms with Gasteiger partial charge in [0.25, 0.3) is 0 Å². The Hall–Kier alpha value is -1.40. The van der Waals surface area contributed by atoms with Crippen molar-refractivity contribution < 1.29 is 18.3 Å².